The molecule has 3 heteroatoms. The van der Waals surface area contributed by atoms with E-state index in [4.69, 9.17) is 0 Å². The second kappa shape index (κ2) is 9.94. The fraction of sp³-hybridized carbons (Fsp3) is 0.379. The smallest absolute Gasteiger partial charge is 0.170 e. The molecule has 0 heterocycles. The third-order valence-corrected chi connectivity index (χ3v) is 7.05. The summed E-state index contributed by atoms with van der Waals surface area (Å²) in [7, 11) is 0. The Morgan fingerprint density at radius 2 is 1.59 bits per heavy atom. The maximum Gasteiger partial charge on any atom is 0.170 e. The largest absolute Gasteiger partial charge is 0.206 e. The summed E-state index contributed by atoms with van der Waals surface area (Å²) in [6, 6.07) is 12.6. The van der Waals surface area contributed by atoms with Crippen LogP contribution in [0.15, 0.2) is 54.6 Å². The van der Waals surface area contributed by atoms with Crippen molar-refractivity contribution in [2.75, 3.05) is 0 Å². The van der Waals surface area contributed by atoms with Gasteiger partial charge >= 0.3 is 0 Å². The zero-order valence-corrected chi connectivity index (χ0v) is 18.9. The van der Waals surface area contributed by atoms with Gasteiger partial charge in [-0.2, -0.15) is 0 Å². The van der Waals surface area contributed by atoms with E-state index in [0.29, 0.717) is 22.9 Å². The number of fused-ring (bicyclic) bond motifs is 1. The molecule has 0 saturated heterocycles. The van der Waals surface area contributed by atoms with E-state index in [2.05, 4.69) is 19.1 Å². The van der Waals surface area contributed by atoms with Crippen LogP contribution in [0, 0.1) is 29.3 Å². The second-order valence-electron chi connectivity index (χ2n) is 9.08. The topological polar surface area (TPSA) is 0 Å². The number of halogens is 3. The first kappa shape index (κ1) is 22.6. The molecule has 1 aliphatic carbocycles. The van der Waals surface area contributed by atoms with E-state index in [0.717, 1.165) is 18.3 Å². The Kier molecular flexibility index (Phi) is 7.03. The minimum Gasteiger partial charge on any atom is -0.206 e. The third-order valence-electron chi connectivity index (χ3n) is 7.05. The lowest BCUT2D eigenvalue weighted by Crippen LogP contribution is -2.13. The molecule has 0 unspecified atom stereocenters. The van der Waals surface area contributed by atoms with Gasteiger partial charge in [0.05, 0.1) is 5.39 Å². The molecule has 0 N–H and O–H groups in total. The van der Waals surface area contributed by atoms with Crippen molar-refractivity contribution in [2.45, 2.75) is 58.8 Å². The summed E-state index contributed by atoms with van der Waals surface area (Å²) in [6.45, 7) is 3.89. The molecule has 0 aliphatic heterocycles. The highest BCUT2D eigenvalue weighted by molar-refractivity contribution is 5.89. The Hall–Kier alpha value is -2.55. The molecule has 0 nitrogen and oxygen atoms in total. The number of hydrogen-bond acceptors (Lipinski definition) is 0. The minimum atomic E-state index is -1.11. The molecule has 1 aliphatic rings. The average Bonchev–Trinajstić information content (AvgIpc) is 2.81. The molecular weight excluding hydrogens is 405 g/mol. The maximum atomic E-state index is 14.9. The highest BCUT2D eigenvalue weighted by Crippen LogP contribution is 2.35. The summed E-state index contributed by atoms with van der Waals surface area (Å²) in [5, 5.41) is 0.123. The Morgan fingerprint density at radius 1 is 0.875 bits per heavy atom. The van der Waals surface area contributed by atoms with Gasteiger partial charge < -0.3 is 0 Å². The summed E-state index contributed by atoms with van der Waals surface area (Å²) >= 11 is 0. The molecule has 3 aromatic rings. The van der Waals surface area contributed by atoms with E-state index in [9.17, 15) is 13.2 Å². The molecule has 0 atom stereocenters. The lowest BCUT2D eigenvalue weighted by atomic mass is 9.79. The van der Waals surface area contributed by atoms with Gasteiger partial charge in [0.1, 0.15) is 5.82 Å². The number of rotatable bonds is 6. The van der Waals surface area contributed by atoms with E-state index < -0.39 is 17.5 Å². The van der Waals surface area contributed by atoms with Gasteiger partial charge in [0, 0.05) is 5.56 Å². The molecule has 3 aromatic carbocycles. The first-order chi connectivity index (χ1) is 15.5. The second-order valence-corrected chi connectivity index (χ2v) is 9.08. The molecule has 0 spiro atoms. The molecule has 32 heavy (non-hydrogen) atoms. The monoisotopic (exact) mass is 436 g/mol. The lowest BCUT2D eigenvalue weighted by molar-refractivity contribution is 0.296. The normalized spacial score (nSPS) is 19.2. The van der Waals surface area contributed by atoms with Crippen LogP contribution in [0.5, 0.6) is 0 Å². The summed E-state index contributed by atoms with van der Waals surface area (Å²) in [5.74, 6) is -1.25. The highest BCUT2D eigenvalue weighted by atomic mass is 19.2. The van der Waals surface area contributed by atoms with Gasteiger partial charge in [-0.15, -0.1) is 0 Å². The van der Waals surface area contributed by atoms with Gasteiger partial charge in [-0.25, -0.2) is 13.2 Å². The quantitative estimate of drug-likeness (QED) is 0.339. The fourth-order valence-corrected chi connectivity index (χ4v) is 5.07. The van der Waals surface area contributed by atoms with E-state index in [1.807, 2.05) is 24.3 Å². The Bertz CT molecular complexity index is 1100. The van der Waals surface area contributed by atoms with Crippen LogP contribution in [0.4, 0.5) is 13.2 Å². The van der Waals surface area contributed by atoms with E-state index >= 15 is 0 Å². The van der Waals surface area contributed by atoms with Crippen molar-refractivity contribution < 1.29 is 13.2 Å². The van der Waals surface area contributed by atoms with Crippen molar-refractivity contribution >= 4 is 10.8 Å². The van der Waals surface area contributed by atoms with Crippen molar-refractivity contribution in [1.82, 2.24) is 0 Å². The SMILES string of the molecule is C/C=C/C1CCC(CCc2ccc(-c3cc4ccc(CC)c(F)c4c(F)c3F)cc2)CC1. The van der Waals surface area contributed by atoms with Crippen LogP contribution in [-0.4, -0.2) is 0 Å². The van der Waals surface area contributed by atoms with Gasteiger partial charge in [-0.3, -0.25) is 0 Å². The molecule has 0 bridgehead atoms. The summed E-state index contributed by atoms with van der Waals surface area (Å²) in [6.07, 6.45) is 12.2. The predicted molar refractivity (Wildman–Crippen MR) is 127 cm³/mol. The van der Waals surface area contributed by atoms with Crippen LogP contribution in [0.2, 0.25) is 0 Å². The van der Waals surface area contributed by atoms with Crippen molar-refractivity contribution in [3.63, 3.8) is 0 Å². The zero-order chi connectivity index (χ0) is 22.7. The Morgan fingerprint density at radius 3 is 2.25 bits per heavy atom. The predicted octanol–water partition coefficient (Wildman–Crippen LogP) is 8.80. The molecule has 1 fully saturated rings. The number of hydrogen-bond donors (Lipinski definition) is 0. The van der Waals surface area contributed by atoms with Gasteiger partial charge in [0.15, 0.2) is 11.6 Å². The maximum absolute atomic E-state index is 14.9. The average molecular weight is 437 g/mol. The Labute approximate surface area is 189 Å². The van der Waals surface area contributed by atoms with Crippen LogP contribution >= 0.6 is 0 Å². The first-order valence-electron chi connectivity index (χ1n) is 11.8. The molecule has 0 amide bonds. The number of allylic oxidation sites excluding steroid dienone is 2. The number of aryl methyl sites for hydroxylation is 2. The van der Waals surface area contributed by atoms with Crippen LogP contribution in [-0.2, 0) is 12.8 Å². The van der Waals surface area contributed by atoms with Gasteiger partial charge in [-0.1, -0.05) is 55.5 Å². The molecule has 4 rings (SSSR count). The number of benzene rings is 3. The lowest BCUT2D eigenvalue weighted by Gasteiger charge is -2.26. The van der Waals surface area contributed by atoms with Gasteiger partial charge in [0.25, 0.3) is 0 Å². The van der Waals surface area contributed by atoms with Crippen LogP contribution in [0.25, 0.3) is 21.9 Å². The van der Waals surface area contributed by atoms with Crippen LogP contribution in [0.3, 0.4) is 0 Å². The summed E-state index contributed by atoms with van der Waals surface area (Å²) in [4.78, 5) is 0. The van der Waals surface area contributed by atoms with Crippen molar-refractivity contribution in [2.24, 2.45) is 11.8 Å². The minimum absolute atomic E-state index is 0.174. The first-order valence-corrected chi connectivity index (χ1v) is 11.8. The summed E-state index contributed by atoms with van der Waals surface area (Å²) < 4.78 is 44.2. The zero-order valence-electron chi connectivity index (χ0n) is 18.9. The van der Waals surface area contributed by atoms with Crippen LogP contribution < -0.4 is 0 Å². The Balaban J connectivity index is 1.49. The van der Waals surface area contributed by atoms with Gasteiger partial charge in [-0.05, 0) is 91.8 Å². The summed E-state index contributed by atoms with van der Waals surface area (Å²) in [5.41, 5.74) is 2.39. The standard InChI is InChI=1S/C29H31F3/c1-3-5-19-6-8-20(9-7-19)10-11-21-12-14-23(15-13-21)25-18-24-17-16-22(4-2)27(30)26(24)29(32)28(25)31/h3,5,12-20H,4,6-11H2,1-2H3/b5-3+. The van der Waals surface area contributed by atoms with Crippen LogP contribution in [0.1, 0.15) is 57.1 Å². The van der Waals surface area contributed by atoms with Crippen molar-refractivity contribution in [3.05, 3.63) is 83.2 Å². The third kappa shape index (κ3) is 4.62. The molecular formula is C29H31F3. The fourth-order valence-electron chi connectivity index (χ4n) is 5.07. The van der Waals surface area contributed by atoms with Gasteiger partial charge in [0.2, 0.25) is 0 Å². The van der Waals surface area contributed by atoms with Crippen molar-refractivity contribution in [1.29, 1.82) is 0 Å². The molecule has 0 radical (unpaired) electrons. The van der Waals surface area contributed by atoms with Crippen molar-refractivity contribution in [3.8, 4) is 11.1 Å². The highest BCUT2D eigenvalue weighted by Gasteiger charge is 2.20. The molecule has 0 aromatic heterocycles. The molecule has 168 valence electrons. The van der Waals surface area contributed by atoms with E-state index in [1.165, 1.54) is 37.7 Å². The van der Waals surface area contributed by atoms with E-state index in [1.54, 1.807) is 25.1 Å². The van der Waals surface area contributed by atoms with E-state index in [-0.39, 0.29) is 10.9 Å². The molecule has 1 saturated carbocycles.